The Balaban J connectivity index is 2.55. The molecule has 0 aliphatic heterocycles. The van der Waals surface area contributed by atoms with E-state index >= 15 is 0 Å². The van der Waals surface area contributed by atoms with E-state index < -0.39 is 0 Å². The van der Waals surface area contributed by atoms with E-state index in [-0.39, 0.29) is 0 Å². The summed E-state index contributed by atoms with van der Waals surface area (Å²) in [5, 5.41) is 4.42. The maximum Gasteiger partial charge on any atom is 0.165 e. The van der Waals surface area contributed by atoms with Gasteiger partial charge in [-0.05, 0) is 28.8 Å². The van der Waals surface area contributed by atoms with Gasteiger partial charge in [-0.15, -0.1) is 0 Å². The summed E-state index contributed by atoms with van der Waals surface area (Å²) in [6, 6.07) is 0. The fourth-order valence-electron chi connectivity index (χ4n) is 2.02. The van der Waals surface area contributed by atoms with Crippen molar-refractivity contribution in [2.45, 2.75) is 33.1 Å². The molecule has 0 saturated heterocycles. The lowest BCUT2D eigenvalue weighted by atomic mass is 10.2. The van der Waals surface area contributed by atoms with Gasteiger partial charge in [0.1, 0.15) is 5.82 Å². The Labute approximate surface area is 121 Å². The van der Waals surface area contributed by atoms with Gasteiger partial charge >= 0.3 is 0 Å². The van der Waals surface area contributed by atoms with Crippen LogP contribution in [0.3, 0.4) is 0 Å². The average molecular weight is 324 g/mol. The fraction of sp³-hybridized carbons (Fsp3) is 0.462. The molecule has 0 unspecified atom stereocenters. The van der Waals surface area contributed by atoms with Crippen LogP contribution in [0.2, 0.25) is 0 Å². The van der Waals surface area contributed by atoms with Gasteiger partial charge in [0.15, 0.2) is 5.82 Å². The molecule has 5 nitrogen and oxygen atoms in total. The number of halogens is 1. The van der Waals surface area contributed by atoms with Crippen LogP contribution in [0.1, 0.15) is 31.7 Å². The first-order chi connectivity index (χ1) is 9.06. The van der Waals surface area contributed by atoms with Gasteiger partial charge < -0.3 is 5.73 Å². The number of nitrogens with zero attached hydrogens (tertiary/aromatic N) is 4. The highest BCUT2D eigenvalue weighted by molar-refractivity contribution is 9.10. The van der Waals surface area contributed by atoms with Gasteiger partial charge in [0.2, 0.25) is 0 Å². The summed E-state index contributed by atoms with van der Waals surface area (Å²) in [7, 11) is 1.90. The molecule has 6 heteroatoms. The van der Waals surface area contributed by atoms with Crippen molar-refractivity contribution >= 4 is 21.7 Å². The molecule has 0 aromatic carbocycles. The van der Waals surface area contributed by atoms with Crippen molar-refractivity contribution in [3.05, 3.63) is 22.1 Å². The Kier molecular flexibility index (Phi) is 4.19. The number of nitrogens with two attached hydrogens (primary N) is 1. The highest BCUT2D eigenvalue weighted by Crippen LogP contribution is 2.27. The van der Waals surface area contributed by atoms with Crippen molar-refractivity contribution in [2.75, 3.05) is 5.73 Å². The topological polar surface area (TPSA) is 69.6 Å². The minimum atomic E-state index is 0.486. The summed E-state index contributed by atoms with van der Waals surface area (Å²) in [5.74, 6) is 1.15. The second-order valence-corrected chi connectivity index (χ2v) is 5.25. The lowest BCUT2D eigenvalue weighted by Crippen LogP contribution is -2.03. The van der Waals surface area contributed by atoms with E-state index in [2.05, 4.69) is 44.8 Å². The number of anilines is 1. The second kappa shape index (κ2) is 5.69. The number of hydrogen-bond donors (Lipinski definition) is 1. The lowest BCUT2D eigenvalue weighted by molar-refractivity contribution is 0.746. The summed E-state index contributed by atoms with van der Waals surface area (Å²) in [4.78, 5) is 9.00. The monoisotopic (exact) mass is 323 g/mol. The molecule has 0 radical (unpaired) electrons. The van der Waals surface area contributed by atoms with Gasteiger partial charge in [0.25, 0.3) is 0 Å². The number of aryl methyl sites for hydroxylation is 3. The van der Waals surface area contributed by atoms with Crippen molar-refractivity contribution in [2.24, 2.45) is 7.05 Å². The van der Waals surface area contributed by atoms with Crippen molar-refractivity contribution in [1.82, 2.24) is 19.7 Å². The van der Waals surface area contributed by atoms with Crippen LogP contribution in [0.15, 0.2) is 10.7 Å². The van der Waals surface area contributed by atoms with Gasteiger partial charge in [0, 0.05) is 13.2 Å². The zero-order valence-electron chi connectivity index (χ0n) is 11.4. The number of hydrogen-bond acceptors (Lipinski definition) is 4. The molecule has 102 valence electrons. The van der Waals surface area contributed by atoms with E-state index in [9.17, 15) is 0 Å². The summed E-state index contributed by atoms with van der Waals surface area (Å²) >= 11 is 3.46. The molecule has 2 aromatic heterocycles. The molecule has 0 saturated carbocycles. The summed E-state index contributed by atoms with van der Waals surface area (Å²) in [6.07, 6.45) is 4.68. The van der Waals surface area contributed by atoms with Crippen LogP contribution in [-0.4, -0.2) is 19.7 Å². The minimum Gasteiger partial charge on any atom is -0.383 e. The first kappa shape index (κ1) is 14.0. The Morgan fingerprint density at radius 3 is 2.63 bits per heavy atom. The van der Waals surface area contributed by atoms with Crippen LogP contribution >= 0.6 is 15.9 Å². The van der Waals surface area contributed by atoms with Gasteiger partial charge in [-0.25, -0.2) is 9.97 Å². The molecule has 0 aliphatic rings. The number of rotatable bonds is 4. The van der Waals surface area contributed by atoms with Crippen LogP contribution < -0.4 is 5.73 Å². The zero-order chi connectivity index (χ0) is 14.0. The van der Waals surface area contributed by atoms with E-state index in [1.54, 1.807) is 4.68 Å². The van der Waals surface area contributed by atoms with Crippen molar-refractivity contribution in [3.63, 3.8) is 0 Å². The molecule has 19 heavy (non-hydrogen) atoms. The van der Waals surface area contributed by atoms with E-state index in [1.165, 1.54) is 0 Å². The Hall–Kier alpha value is -1.43. The number of nitrogen functional groups attached to an aromatic ring is 1. The number of aromatic nitrogens is 4. The normalized spacial score (nSPS) is 10.9. The van der Waals surface area contributed by atoms with E-state index in [0.717, 1.165) is 40.7 Å². The highest BCUT2D eigenvalue weighted by atomic mass is 79.9. The van der Waals surface area contributed by atoms with Gasteiger partial charge in [-0.1, -0.05) is 20.3 Å². The quantitative estimate of drug-likeness (QED) is 0.939. The first-order valence-electron chi connectivity index (χ1n) is 6.41. The van der Waals surface area contributed by atoms with Gasteiger partial charge in [-0.3, -0.25) is 4.68 Å². The fourth-order valence-corrected chi connectivity index (χ4v) is 2.39. The smallest absolute Gasteiger partial charge is 0.165 e. The van der Waals surface area contributed by atoms with Crippen molar-refractivity contribution in [1.29, 1.82) is 0 Å². The summed E-state index contributed by atoms with van der Waals surface area (Å²) in [6.45, 7) is 4.19. The molecule has 0 aliphatic carbocycles. The van der Waals surface area contributed by atoms with Crippen LogP contribution in [0.25, 0.3) is 11.4 Å². The van der Waals surface area contributed by atoms with Crippen LogP contribution in [0, 0.1) is 0 Å². The summed E-state index contributed by atoms with van der Waals surface area (Å²) in [5.41, 5.74) is 8.87. The standard InChI is InChI=1S/C13H18BrN5/c1-4-6-10-11(14)12(15)17-13(16-10)8-7-19(3)18-9(8)5-2/h7H,4-6H2,1-3H3,(H2,15,16,17). The third-order valence-electron chi connectivity index (χ3n) is 2.91. The third-order valence-corrected chi connectivity index (χ3v) is 3.78. The predicted octanol–water partition coefficient (Wildman–Crippen LogP) is 2.74. The maximum absolute atomic E-state index is 5.96. The molecule has 0 bridgehead atoms. The van der Waals surface area contributed by atoms with Gasteiger partial charge in [-0.2, -0.15) is 5.10 Å². The van der Waals surface area contributed by atoms with Crippen LogP contribution in [0.4, 0.5) is 5.82 Å². The molecule has 2 N–H and O–H groups in total. The molecule has 0 atom stereocenters. The molecule has 2 heterocycles. The van der Waals surface area contributed by atoms with Gasteiger partial charge in [0.05, 0.1) is 21.4 Å². The molecule has 2 aromatic rings. The van der Waals surface area contributed by atoms with E-state index in [4.69, 9.17) is 5.73 Å². The SMILES string of the molecule is CCCc1nc(-c2cn(C)nc2CC)nc(N)c1Br. The van der Waals surface area contributed by atoms with E-state index in [0.29, 0.717) is 11.6 Å². The average Bonchev–Trinajstić information content (AvgIpc) is 2.76. The maximum atomic E-state index is 5.96. The van der Waals surface area contributed by atoms with Crippen molar-refractivity contribution < 1.29 is 0 Å². The Morgan fingerprint density at radius 2 is 2.00 bits per heavy atom. The Bertz CT molecular complexity index is 591. The molecule has 0 fully saturated rings. The van der Waals surface area contributed by atoms with Crippen molar-refractivity contribution in [3.8, 4) is 11.4 Å². The molecule has 0 amide bonds. The minimum absolute atomic E-state index is 0.486. The molecular weight excluding hydrogens is 306 g/mol. The Morgan fingerprint density at radius 1 is 1.26 bits per heavy atom. The van der Waals surface area contributed by atoms with E-state index in [1.807, 2.05) is 13.2 Å². The second-order valence-electron chi connectivity index (χ2n) is 4.46. The highest BCUT2D eigenvalue weighted by Gasteiger charge is 2.15. The van der Waals surface area contributed by atoms with Crippen LogP contribution in [0.5, 0.6) is 0 Å². The van der Waals surface area contributed by atoms with Crippen LogP contribution in [-0.2, 0) is 19.9 Å². The third kappa shape index (κ3) is 2.78. The largest absolute Gasteiger partial charge is 0.383 e. The first-order valence-corrected chi connectivity index (χ1v) is 7.20. The molecular formula is C13H18BrN5. The zero-order valence-corrected chi connectivity index (χ0v) is 13.0. The molecule has 0 spiro atoms. The summed E-state index contributed by atoms with van der Waals surface area (Å²) < 4.78 is 2.59. The predicted molar refractivity (Wildman–Crippen MR) is 79.7 cm³/mol. The molecule has 2 rings (SSSR count). The lowest BCUT2D eigenvalue weighted by Gasteiger charge is -2.08.